The molecule has 1 aliphatic carbocycles. The van der Waals surface area contributed by atoms with Gasteiger partial charge >= 0.3 is 0 Å². The zero-order chi connectivity index (χ0) is 20.3. The largest absolute Gasteiger partial charge is 0.494 e. The van der Waals surface area contributed by atoms with Crippen molar-refractivity contribution in [1.29, 1.82) is 0 Å². The summed E-state index contributed by atoms with van der Waals surface area (Å²) in [5.74, 6) is 0.903. The lowest BCUT2D eigenvalue weighted by atomic mass is 10.0. The molecule has 0 radical (unpaired) electrons. The molecule has 1 heterocycles. The van der Waals surface area contributed by atoms with E-state index in [1.165, 1.54) is 22.3 Å². The molecule has 152 valence electrons. The van der Waals surface area contributed by atoms with Gasteiger partial charge in [0.15, 0.2) is 0 Å². The van der Waals surface area contributed by atoms with Crippen molar-refractivity contribution in [2.24, 2.45) is 5.10 Å². The molecule has 4 heteroatoms. The minimum Gasteiger partial charge on any atom is -0.494 e. The Morgan fingerprint density at radius 1 is 0.833 bits per heavy atom. The first-order valence-electron chi connectivity index (χ1n) is 10.8. The monoisotopic (exact) mass is 397 g/mol. The quantitative estimate of drug-likeness (QED) is 0.579. The molecule has 4 nitrogen and oxygen atoms in total. The van der Waals surface area contributed by atoms with Crippen molar-refractivity contribution in [2.75, 3.05) is 32.8 Å². The van der Waals surface area contributed by atoms with E-state index in [2.05, 4.69) is 70.6 Å². The molecule has 0 aromatic heterocycles. The van der Waals surface area contributed by atoms with E-state index >= 15 is 0 Å². The minimum atomic E-state index is 0.356. The van der Waals surface area contributed by atoms with Gasteiger partial charge in [-0.2, -0.15) is 5.10 Å². The normalized spacial score (nSPS) is 16.6. The highest BCUT2D eigenvalue weighted by Gasteiger charge is 2.33. The van der Waals surface area contributed by atoms with Gasteiger partial charge in [-0.3, -0.25) is 9.91 Å². The Balaban J connectivity index is 1.26. The van der Waals surface area contributed by atoms with Gasteiger partial charge in [0.2, 0.25) is 0 Å². The lowest BCUT2D eigenvalue weighted by Crippen LogP contribution is -2.45. The Morgan fingerprint density at radius 2 is 1.43 bits per heavy atom. The number of hydrazone groups is 1. The minimum absolute atomic E-state index is 0.356. The van der Waals surface area contributed by atoms with Crippen LogP contribution in [0.3, 0.4) is 0 Å². The van der Waals surface area contributed by atoms with Crippen LogP contribution in [-0.2, 0) is 0 Å². The predicted octanol–water partition coefficient (Wildman–Crippen LogP) is 4.81. The van der Waals surface area contributed by atoms with E-state index in [4.69, 9.17) is 9.84 Å². The molecule has 0 saturated carbocycles. The third kappa shape index (κ3) is 3.59. The molecule has 0 amide bonds. The van der Waals surface area contributed by atoms with Crippen LogP contribution in [0, 0.1) is 0 Å². The molecule has 1 fully saturated rings. The van der Waals surface area contributed by atoms with Crippen molar-refractivity contribution < 1.29 is 4.74 Å². The number of hydrogen-bond acceptors (Lipinski definition) is 4. The first-order valence-corrected chi connectivity index (χ1v) is 10.8. The van der Waals surface area contributed by atoms with E-state index in [1.807, 2.05) is 25.3 Å². The van der Waals surface area contributed by atoms with Crippen LogP contribution >= 0.6 is 0 Å². The van der Waals surface area contributed by atoms with Crippen LogP contribution in [0.1, 0.15) is 29.7 Å². The number of ether oxygens (including phenoxy) is 1. The van der Waals surface area contributed by atoms with Crippen molar-refractivity contribution >= 4 is 6.21 Å². The molecular weight excluding hydrogens is 370 g/mol. The summed E-state index contributed by atoms with van der Waals surface area (Å²) in [5, 5.41) is 6.90. The molecule has 1 saturated heterocycles. The molecule has 0 bridgehead atoms. The Hall–Kier alpha value is -3.11. The van der Waals surface area contributed by atoms with Gasteiger partial charge in [-0.1, -0.05) is 48.5 Å². The Kier molecular flexibility index (Phi) is 5.24. The number of fused-ring (bicyclic) bond motifs is 3. The highest BCUT2D eigenvalue weighted by Crippen LogP contribution is 2.46. The average molecular weight is 398 g/mol. The van der Waals surface area contributed by atoms with Gasteiger partial charge in [-0.15, -0.1) is 0 Å². The van der Waals surface area contributed by atoms with Gasteiger partial charge in [-0.25, -0.2) is 0 Å². The number of hydrogen-bond donors (Lipinski definition) is 0. The molecule has 2 aliphatic rings. The molecule has 3 aromatic rings. The summed E-state index contributed by atoms with van der Waals surface area (Å²) in [5.41, 5.74) is 6.73. The Morgan fingerprint density at radius 3 is 2.03 bits per heavy atom. The van der Waals surface area contributed by atoms with Crippen LogP contribution in [0.5, 0.6) is 5.75 Å². The van der Waals surface area contributed by atoms with E-state index < -0.39 is 0 Å². The fraction of sp³-hybridized carbons (Fsp3) is 0.269. The first kappa shape index (κ1) is 18.9. The summed E-state index contributed by atoms with van der Waals surface area (Å²) in [6.45, 7) is 6.58. The summed E-state index contributed by atoms with van der Waals surface area (Å²) in [7, 11) is 0. The van der Waals surface area contributed by atoms with Crippen molar-refractivity contribution in [2.45, 2.75) is 13.0 Å². The summed E-state index contributed by atoms with van der Waals surface area (Å²) in [4.78, 5) is 2.60. The van der Waals surface area contributed by atoms with E-state index in [0.29, 0.717) is 12.6 Å². The van der Waals surface area contributed by atoms with Gasteiger partial charge in [0.05, 0.1) is 18.9 Å². The van der Waals surface area contributed by atoms with Crippen LogP contribution in [0.4, 0.5) is 0 Å². The van der Waals surface area contributed by atoms with Crippen LogP contribution in [0.15, 0.2) is 77.9 Å². The Bertz CT molecular complexity index is 991. The van der Waals surface area contributed by atoms with Gasteiger partial charge in [-0.05, 0) is 59.0 Å². The number of benzene rings is 3. The maximum atomic E-state index is 5.51. The third-order valence-corrected chi connectivity index (χ3v) is 6.02. The molecule has 0 unspecified atom stereocenters. The second-order valence-electron chi connectivity index (χ2n) is 7.81. The maximum absolute atomic E-state index is 5.51. The van der Waals surface area contributed by atoms with Crippen molar-refractivity contribution in [3.05, 3.63) is 89.5 Å². The molecule has 30 heavy (non-hydrogen) atoms. The first-order chi connectivity index (χ1) is 14.8. The van der Waals surface area contributed by atoms with E-state index in [-0.39, 0.29) is 0 Å². The Labute approximate surface area is 178 Å². The van der Waals surface area contributed by atoms with Crippen LogP contribution in [0.25, 0.3) is 11.1 Å². The van der Waals surface area contributed by atoms with Crippen molar-refractivity contribution in [1.82, 2.24) is 9.91 Å². The van der Waals surface area contributed by atoms with Gasteiger partial charge in [0, 0.05) is 26.2 Å². The molecule has 5 rings (SSSR count). The summed E-state index contributed by atoms with van der Waals surface area (Å²) in [6, 6.07) is 26.2. The highest BCUT2D eigenvalue weighted by atomic mass is 16.5. The number of rotatable bonds is 5. The topological polar surface area (TPSA) is 28.1 Å². The highest BCUT2D eigenvalue weighted by molar-refractivity contribution is 5.79. The van der Waals surface area contributed by atoms with Gasteiger partial charge in [0.25, 0.3) is 0 Å². The predicted molar refractivity (Wildman–Crippen MR) is 122 cm³/mol. The molecule has 0 spiro atoms. The van der Waals surface area contributed by atoms with Crippen molar-refractivity contribution in [3.8, 4) is 16.9 Å². The van der Waals surface area contributed by atoms with Crippen LogP contribution < -0.4 is 4.74 Å². The van der Waals surface area contributed by atoms with E-state index in [9.17, 15) is 0 Å². The fourth-order valence-corrected chi connectivity index (χ4v) is 4.57. The molecule has 3 aromatic carbocycles. The number of piperazine rings is 1. The second kappa shape index (κ2) is 8.33. The molecule has 1 aliphatic heterocycles. The maximum Gasteiger partial charge on any atom is 0.119 e. The molecule has 0 N–H and O–H groups in total. The van der Waals surface area contributed by atoms with Gasteiger partial charge < -0.3 is 4.74 Å². The lowest BCUT2D eigenvalue weighted by molar-refractivity contribution is 0.114. The van der Waals surface area contributed by atoms with Crippen LogP contribution in [-0.4, -0.2) is 48.9 Å². The fourth-order valence-electron chi connectivity index (χ4n) is 4.57. The summed E-state index contributed by atoms with van der Waals surface area (Å²) in [6.07, 6.45) is 1.95. The SMILES string of the molecule is CCOc1ccc(/C=N\N2CCN(C3c4ccccc4-c4ccccc43)CC2)cc1. The zero-order valence-corrected chi connectivity index (χ0v) is 17.4. The van der Waals surface area contributed by atoms with E-state index in [1.54, 1.807) is 0 Å². The zero-order valence-electron chi connectivity index (χ0n) is 17.4. The third-order valence-electron chi connectivity index (χ3n) is 6.02. The molecule has 0 atom stereocenters. The second-order valence-corrected chi connectivity index (χ2v) is 7.81. The average Bonchev–Trinajstić information content (AvgIpc) is 3.14. The number of nitrogens with zero attached hydrogens (tertiary/aromatic N) is 3. The standard InChI is InChI=1S/C26H27N3O/c1-2-30-21-13-11-20(12-14-21)19-27-29-17-15-28(16-18-29)26-24-9-5-3-7-22(24)23-8-4-6-10-25(23)26/h3-14,19,26H,2,15-18H2,1H3/b27-19-. The smallest absolute Gasteiger partial charge is 0.119 e. The summed E-state index contributed by atoms with van der Waals surface area (Å²) < 4.78 is 5.51. The van der Waals surface area contributed by atoms with Crippen molar-refractivity contribution in [3.63, 3.8) is 0 Å². The molecular formula is C26H27N3O. The van der Waals surface area contributed by atoms with E-state index in [0.717, 1.165) is 37.5 Å². The van der Waals surface area contributed by atoms with Crippen LogP contribution in [0.2, 0.25) is 0 Å². The van der Waals surface area contributed by atoms with Gasteiger partial charge in [0.1, 0.15) is 5.75 Å². The summed E-state index contributed by atoms with van der Waals surface area (Å²) >= 11 is 0. The lowest BCUT2D eigenvalue weighted by Gasteiger charge is -2.37.